The molecule has 0 spiro atoms. The quantitative estimate of drug-likeness (QED) is 0.216. The lowest BCUT2D eigenvalue weighted by atomic mass is 9.91. The summed E-state index contributed by atoms with van der Waals surface area (Å²) >= 11 is 0. The molecule has 182 valence electrons. The molecule has 2 aromatic heterocycles. The molecule has 0 unspecified atom stereocenters. The average molecular weight is 487 g/mol. The summed E-state index contributed by atoms with van der Waals surface area (Å²) in [5, 5.41) is 41.8. The fourth-order valence-electron chi connectivity index (χ4n) is 5.13. The Balaban J connectivity index is 1.85. The lowest BCUT2D eigenvalue weighted by Crippen LogP contribution is -2.14. The van der Waals surface area contributed by atoms with Crippen LogP contribution in [0.15, 0.2) is 51.7 Å². The summed E-state index contributed by atoms with van der Waals surface area (Å²) in [4.78, 5) is 13.3. The minimum absolute atomic E-state index is 0.112. The number of hydrogen-bond donors (Lipinski definition) is 4. The highest BCUT2D eigenvalue weighted by atomic mass is 16.5. The molecule has 3 aromatic carbocycles. The van der Waals surface area contributed by atoms with Crippen molar-refractivity contribution in [2.24, 2.45) is 0 Å². The van der Waals surface area contributed by atoms with Crippen LogP contribution in [0.3, 0.4) is 0 Å². The first kappa shape index (κ1) is 21.7. The summed E-state index contributed by atoms with van der Waals surface area (Å²) in [6, 6.07) is 10.9. The first-order chi connectivity index (χ1) is 17.3. The zero-order chi connectivity index (χ0) is 25.3. The number of aryl methyl sites for hydroxylation is 2. The number of ether oxygens (including phenoxy) is 2. The number of aromatic nitrogens is 1. The second-order valence-electron chi connectivity index (χ2n) is 8.64. The van der Waals surface area contributed by atoms with E-state index in [2.05, 4.69) is 0 Å². The van der Waals surface area contributed by atoms with E-state index in [1.165, 1.54) is 38.5 Å². The van der Waals surface area contributed by atoms with Gasteiger partial charge in [-0.25, -0.2) is 4.79 Å². The van der Waals surface area contributed by atoms with Gasteiger partial charge in [0.05, 0.1) is 19.9 Å². The Kier molecular flexibility index (Phi) is 4.59. The van der Waals surface area contributed by atoms with Crippen molar-refractivity contribution < 1.29 is 34.3 Å². The molecule has 0 bridgehead atoms. The molecular weight excluding hydrogens is 466 g/mol. The molecule has 0 radical (unpaired) electrons. The summed E-state index contributed by atoms with van der Waals surface area (Å²) in [5.41, 5.74) is 3.20. The fraction of sp³-hybridized carbons (Fsp3) is 0.148. The van der Waals surface area contributed by atoms with Crippen LogP contribution in [0, 0.1) is 0 Å². The molecule has 0 fully saturated rings. The van der Waals surface area contributed by atoms with Crippen molar-refractivity contribution in [1.82, 2.24) is 4.57 Å². The molecule has 0 saturated carbocycles. The van der Waals surface area contributed by atoms with E-state index >= 15 is 0 Å². The van der Waals surface area contributed by atoms with Crippen molar-refractivity contribution >= 4 is 21.9 Å². The third-order valence-corrected chi connectivity index (χ3v) is 6.74. The highest BCUT2D eigenvalue weighted by Gasteiger charge is 2.30. The van der Waals surface area contributed by atoms with E-state index in [1.807, 2.05) is 10.6 Å². The van der Waals surface area contributed by atoms with Crippen LogP contribution in [0.4, 0.5) is 0 Å². The molecular formula is C27H21NO8. The van der Waals surface area contributed by atoms with Gasteiger partial charge in [-0.15, -0.1) is 0 Å². The standard InChI is InChI=1S/C27H21NO8/c1-34-20-4-3-13(8-22(20)35-2)23-24-15-10-18(31)19(32)11-21(15)36-27(33)26(24)28-6-5-12-7-16(29)17(30)9-14(12)25(23)28/h3-4,7-11,29-32H,5-6H2,1-2H3. The van der Waals surface area contributed by atoms with Gasteiger partial charge in [0, 0.05) is 34.5 Å². The summed E-state index contributed by atoms with van der Waals surface area (Å²) in [7, 11) is 3.06. The predicted octanol–water partition coefficient (Wildman–Crippen LogP) is 4.48. The number of phenolic OH excluding ortho intramolecular Hbond substituents is 4. The largest absolute Gasteiger partial charge is 0.504 e. The Morgan fingerprint density at radius 3 is 2.31 bits per heavy atom. The third-order valence-electron chi connectivity index (χ3n) is 6.74. The first-order valence-electron chi connectivity index (χ1n) is 11.1. The van der Waals surface area contributed by atoms with Gasteiger partial charge in [-0.2, -0.15) is 0 Å². The Morgan fingerprint density at radius 1 is 0.861 bits per heavy atom. The maximum absolute atomic E-state index is 13.3. The Morgan fingerprint density at radius 2 is 1.56 bits per heavy atom. The summed E-state index contributed by atoms with van der Waals surface area (Å²) in [5.74, 6) is -0.286. The normalized spacial score (nSPS) is 12.5. The summed E-state index contributed by atoms with van der Waals surface area (Å²) in [6.45, 7) is 0.413. The Bertz CT molecular complexity index is 1780. The van der Waals surface area contributed by atoms with E-state index in [9.17, 15) is 25.2 Å². The molecule has 9 nitrogen and oxygen atoms in total. The number of nitrogens with zero attached hydrogens (tertiary/aromatic N) is 1. The Labute approximate surface area is 203 Å². The molecule has 6 rings (SSSR count). The smallest absolute Gasteiger partial charge is 0.361 e. The second kappa shape index (κ2) is 7.61. The maximum atomic E-state index is 13.3. The molecule has 9 heteroatoms. The molecule has 3 heterocycles. The number of rotatable bonds is 3. The van der Waals surface area contributed by atoms with E-state index in [0.717, 1.165) is 5.56 Å². The molecule has 1 aliphatic heterocycles. The number of fused-ring (bicyclic) bond motifs is 7. The zero-order valence-corrected chi connectivity index (χ0v) is 19.3. The van der Waals surface area contributed by atoms with Crippen molar-refractivity contribution in [2.75, 3.05) is 14.2 Å². The molecule has 4 N–H and O–H groups in total. The third kappa shape index (κ3) is 2.92. The highest BCUT2D eigenvalue weighted by molar-refractivity contribution is 6.17. The van der Waals surface area contributed by atoms with Crippen LogP contribution in [0.25, 0.3) is 44.3 Å². The van der Waals surface area contributed by atoms with Crippen molar-refractivity contribution in [3.8, 4) is 56.9 Å². The van der Waals surface area contributed by atoms with Gasteiger partial charge in [-0.1, -0.05) is 6.07 Å². The van der Waals surface area contributed by atoms with Crippen molar-refractivity contribution in [3.63, 3.8) is 0 Å². The minimum atomic E-state index is -0.609. The Hall–Kier alpha value is -4.79. The SMILES string of the molecule is COc1ccc(-c2c3n(c4c(=O)oc5cc(O)c(O)cc5c24)CCc2cc(O)c(O)cc2-3)cc1OC. The van der Waals surface area contributed by atoms with Crippen LogP contribution >= 0.6 is 0 Å². The average Bonchev–Trinajstić information content (AvgIpc) is 3.22. The second-order valence-corrected chi connectivity index (χ2v) is 8.64. The van der Waals surface area contributed by atoms with Crippen LogP contribution in [0.2, 0.25) is 0 Å². The van der Waals surface area contributed by atoms with Gasteiger partial charge < -0.3 is 38.9 Å². The van der Waals surface area contributed by atoms with Gasteiger partial charge in [0.2, 0.25) is 0 Å². The molecule has 1 aliphatic rings. The first-order valence-corrected chi connectivity index (χ1v) is 11.1. The van der Waals surface area contributed by atoms with E-state index < -0.39 is 11.4 Å². The number of aromatic hydroxyl groups is 4. The number of hydrogen-bond acceptors (Lipinski definition) is 8. The molecule has 0 saturated heterocycles. The van der Waals surface area contributed by atoms with Gasteiger partial charge >= 0.3 is 5.63 Å². The van der Waals surface area contributed by atoms with Gasteiger partial charge in [0.25, 0.3) is 0 Å². The monoisotopic (exact) mass is 487 g/mol. The molecule has 5 aromatic rings. The van der Waals surface area contributed by atoms with Crippen LogP contribution < -0.4 is 15.1 Å². The van der Waals surface area contributed by atoms with Crippen LogP contribution in [0.1, 0.15) is 5.56 Å². The lowest BCUT2D eigenvalue weighted by molar-refractivity contribution is 0.355. The summed E-state index contributed by atoms with van der Waals surface area (Å²) < 4.78 is 18.3. The molecule has 36 heavy (non-hydrogen) atoms. The topological polar surface area (TPSA) is 135 Å². The maximum Gasteiger partial charge on any atom is 0.361 e. The van der Waals surface area contributed by atoms with E-state index in [1.54, 1.807) is 12.1 Å². The summed E-state index contributed by atoms with van der Waals surface area (Å²) in [6.07, 6.45) is 0.504. The van der Waals surface area contributed by atoms with Crippen molar-refractivity contribution in [1.29, 1.82) is 0 Å². The van der Waals surface area contributed by atoms with E-state index in [-0.39, 0.29) is 28.3 Å². The van der Waals surface area contributed by atoms with Crippen LogP contribution in [0.5, 0.6) is 34.5 Å². The van der Waals surface area contributed by atoms with Crippen LogP contribution in [-0.2, 0) is 13.0 Å². The van der Waals surface area contributed by atoms with Crippen molar-refractivity contribution in [2.45, 2.75) is 13.0 Å². The number of phenols is 4. The fourth-order valence-corrected chi connectivity index (χ4v) is 5.13. The molecule has 0 amide bonds. The van der Waals surface area contributed by atoms with E-state index in [0.29, 0.717) is 57.6 Å². The van der Waals surface area contributed by atoms with Crippen LogP contribution in [-0.4, -0.2) is 39.2 Å². The minimum Gasteiger partial charge on any atom is -0.504 e. The molecule has 0 aliphatic carbocycles. The lowest BCUT2D eigenvalue weighted by Gasteiger charge is -2.22. The van der Waals surface area contributed by atoms with E-state index in [4.69, 9.17) is 13.9 Å². The molecule has 0 atom stereocenters. The highest BCUT2D eigenvalue weighted by Crippen LogP contribution is 2.49. The van der Waals surface area contributed by atoms with Gasteiger partial charge in [-0.3, -0.25) is 0 Å². The van der Waals surface area contributed by atoms with Gasteiger partial charge in [0.15, 0.2) is 34.5 Å². The predicted molar refractivity (Wildman–Crippen MR) is 132 cm³/mol. The zero-order valence-electron chi connectivity index (χ0n) is 19.3. The van der Waals surface area contributed by atoms with Gasteiger partial charge in [0.1, 0.15) is 11.1 Å². The number of benzene rings is 3. The van der Waals surface area contributed by atoms with Crippen molar-refractivity contribution in [3.05, 3.63) is 58.4 Å². The number of methoxy groups -OCH3 is 2. The van der Waals surface area contributed by atoms with Gasteiger partial charge in [-0.05, 0) is 47.9 Å².